The average Bonchev–Trinajstić information content (AvgIpc) is 2.39. The van der Waals surface area contributed by atoms with Crippen molar-refractivity contribution >= 4 is 0 Å². The molecule has 1 fully saturated rings. The highest BCUT2D eigenvalue weighted by Gasteiger charge is 2.17. The lowest BCUT2D eigenvalue weighted by Gasteiger charge is -2.31. The summed E-state index contributed by atoms with van der Waals surface area (Å²) in [6.45, 7) is 8.43. The zero-order valence-corrected chi connectivity index (χ0v) is 12.9. The molecule has 0 saturated carbocycles. The Morgan fingerprint density at radius 3 is 2.67 bits per heavy atom. The first-order valence-corrected chi connectivity index (χ1v) is 8.15. The molecule has 0 bridgehead atoms. The Hall–Kier alpha value is -0.0800. The smallest absolute Gasteiger partial charge is 0.00640 e. The van der Waals surface area contributed by atoms with Gasteiger partial charge in [-0.3, -0.25) is 0 Å². The fourth-order valence-electron chi connectivity index (χ4n) is 2.93. The molecule has 1 aliphatic rings. The molecular weight excluding hydrogens is 220 g/mol. The molecule has 0 aliphatic carbocycles. The summed E-state index contributed by atoms with van der Waals surface area (Å²) in [5.41, 5.74) is 0. The Balaban J connectivity index is 2.06. The summed E-state index contributed by atoms with van der Waals surface area (Å²) in [4.78, 5) is 2.58. The van der Waals surface area contributed by atoms with Crippen LogP contribution in [0.25, 0.3) is 0 Å². The molecule has 108 valence electrons. The molecule has 0 aromatic carbocycles. The number of nitrogens with one attached hydrogen (secondary N) is 1. The van der Waals surface area contributed by atoms with E-state index in [2.05, 4.69) is 31.1 Å². The van der Waals surface area contributed by atoms with Crippen molar-refractivity contribution in [1.29, 1.82) is 0 Å². The number of unbranched alkanes of at least 4 members (excludes halogenated alkanes) is 4. The molecule has 0 amide bonds. The Kier molecular flexibility index (Phi) is 8.70. The van der Waals surface area contributed by atoms with E-state index in [1.807, 2.05) is 0 Å². The zero-order valence-electron chi connectivity index (χ0n) is 12.9. The second kappa shape index (κ2) is 9.80. The van der Waals surface area contributed by atoms with E-state index in [1.54, 1.807) is 0 Å². The monoisotopic (exact) mass is 254 g/mol. The van der Waals surface area contributed by atoms with Crippen LogP contribution in [-0.4, -0.2) is 37.6 Å². The molecule has 1 aliphatic heterocycles. The van der Waals surface area contributed by atoms with Crippen LogP contribution in [0.4, 0.5) is 0 Å². The average molecular weight is 254 g/mol. The van der Waals surface area contributed by atoms with Crippen LogP contribution < -0.4 is 5.32 Å². The summed E-state index contributed by atoms with van der Waals surface area (Å²) in [6, 6.07) is 0.758. The van der Waals surface area contributed by atoms with Gasteiger partial charge in [-0.05, 0) is 52.2 Å². The van der Waals surface area contributed by atoms with Gasteiger partial charge in [-0.1, -0.05) is 39.0 Å². The first kappa shape index (κ1) is 16.0. The second-order valence-corrected chi connectivity index (χ2v) is 6.20. The molecule has 2 atom stereocenters. The van der Waals surface area contributed by atoms with Gasteiger partial charge in [0.05, 0.1) is 0 Å². The third kappa shape index (κ3) is 6.75. The van der Waals surface area contributed by atoms with E-state index >= 15 is 0 Å². The molecule has 18 heavy (non-hydrogen) atoms. The largest absolute Gasteiger partial charge is 0.316 e. The van der Waals surface area contributed by atoms with Gasteiger partial charge in [0.2, 0.25) is 0 Å². The summed E-state index contributed by atoms with van der Waals surface area (Å²) in [7, 11) is 2.31. The zero-order chi connectivity index (χ0) is 13.2. The molecule has 1 N–H and O–H groups in total. The fraction of sp³-hybridized carbons (Fsp3) is 1.00. The summed E-state index contributed by atoms with van der Waals surface area (Å²) in [6.07, 6.45) is 11.2. The molecule has 0 radical (unpaired) electrons. The van der Waals surface area contributed by atoms with Crippen LogP contribution in [0.5, 0.6) is 0 Å². The van der Waals surface area contributed by atoms with E-state index in [9.17, 15) is 0 Å². The van der Waals surface area contributed by atoms with E-state index in [0.29, 0.717) is 0 Å². The molecular formula is C16H34N2. The van der Waals surface area contributed by atoms with E-state index in [-0.39, 0.29) is 0 Å². The van der Waals surface area contributed by atoms with Crippen LogP contribution in [0, 0.1) is 5.92 Å². The third-order valence-electron chi connectivity index (χ3n) is 4.42. The van der Waals surface area contributed by atoms with Crippen molar-refractivity contribution in [2.75, 3.05) is 26.7 Å². The predicted molar refractivity (Wildman–Crippen MR) is 81.1 cm³/mol. The summed E-state index contributed by atoms with van der Waals surface area (Å²) in [5.74, 6) is 0.881. The number of hydrogen-bond acceptors (Lipinski definition) is 2. The quantitative estimate of drug-likeness (QED) is 0.632. The number of hydrogen-bond donors (Lipinski definition) is 1. The highest BCUT2D eigenvalue weighted by atomic mass is 15.1. The first-order valence-electron chi connectivity index (χ1n) is 8.15. The van der Waals surface area contributed by atoms with E-state index in [0.717, 1.165) is 12.0 Å². The molecule has 0 aromatic rings. The standard InChI is InChI=1S/C16H34N2/c1-4-5-6-7-8-10-15(2)18(3)14-16-11-9-12-17-13-16/h15-17H,4-14H2,1-3H3. The molecule has 2 nitrogen and oxygen atoms in total. The predicted octanol–water partition coefficient (Wildman–Crippen LogP) is 3.67. The van der Waals surface area contributed by atoms with Gasteiger partial charge in [-0.15, -0.1) is 0 Å². The van der Waals surface area contributed by atoms with E-state index < -0.39 is 0 Å². The van der Waals surface area contributed by atoms with Crippen molar-refractivity contribution in [3.8, 4) is 0 Å². The molecule has 2 heteroatoms. The van der Waals surface area contributed by atoms with Crippen LogP contribution in [0.3, 0.4) is 0 Å². The first-order chi connectivity index (χ1) is 8.74. The van der Waals surface area contributed by atoms with Crippen LogP contribution in [0.15, 0.2) is 0 Å². The number of nitrogens with zero attached hydrogens (tertiary/aromatic N) is 1. The van der Waals surface area contributed by atoms with Gasteiger partial charge in [-0.25, -0.2) is 0 Å². The van der Waals surface area contributed by atoms with Gasteiger partial charge in [0.15, 0.2) is 0 Å². The lowest BCUT2D eigenvalue weighted by molar-refractivity contribution is 0.188. The Morgan fingerprint density at radius 2 is 2.00 bits per heavy atom. The summed E-state index contributed by atoms with van der Waals surface area (Å²) >= 11 is 0. The van der Waals surface area contributed by atoms with Crippen molar-refractivity contribution in [3.05, 3.63) is 0 Å². The second-order valence-electron chi connectivity index (χ2n) is 6.20. The maximum absolute atomic E-state index is 3.52. The Bertz CT molecular complexity index is 188. The lowest BCUT2D eigenvalue weighted by Crippen LogP contribution is -2.40. The molecule has 1 rings (SSSR count). The number of piperidine rings is 1. The van der Waals surface area contributed by atoms with Crippen LogP contribution in [0.1, 0.15) is 65.2 Å². The van der Waals surface area contributed by atoms with Crippen molar-refractivity contribution < 1.29 is 0 Å². The van der Waals surface area contributed by atoms with Gasteiger partial charge in [0, 0.05) is 12.6 Å². The highest BCUT2D eigenvalue weighted by molar-refractivity contribution is 4.74. The van der Waals surface area contributed by atoms with Crippen LogP contribution >= 0.6 is 0 Å². The normalized spacial score (nSPS) is 22.3. The van der Waals surface area contributed by atoms with Crippen molar-refractivity contribution in [2.45, 2.75) is 71.3 Å². The molecule has 0 spiro atoms. The van der Waals surface area contributed by atoms with Gasteiger partial charge in [0.1, 0.15) is 0 Å². The minimum atomic E-state index is 0.758. The van der Waals surface area contributed by atoms with Gasteiger partial charge >= 0.3 is 0 Å². The minimum absolute atomic E-state index is 0.758. The Labute approximate surface area is 115 Å². The maximum Gasteiger partial charge on any atom is 0.00640 e. The lowest BCUT2D eigenvalue weighted by atomic mass is 9.98. The topological polar surface area (TPSA) is 15.3 Å². The fourth-order valence-corrected chi connectivity index (χ4v) is 2.93. The third-order valence-corrected chi connectivity index (χ3v) is 4.42. The number of rotatable bonds is 9. The molecule has 2 unspecified atom stereocenters. The van der Waals surface area contributed by atoms with Gasteiger partial charge < -0.3 is 10.2 Å². The summed E-state index contributed by atoms with van der Waals surface area (Å²) in [5, 5.41) is 3.52. The van der Waals surface area contributed by atoms with Crippen LogP contribution in [0.2, 0.25) is 0 Å². The molecule has 0 aromatic heterocycles. The SMILES string of the molecule is CCCCCCCC(C)N(C)CC1CCCNC1. The van der Waals surface area contributed by atoms with Gasteiger partial charge in [-0.2, -0.15) is 0 Å². The minimum Gasteiger partial charge on any atom is -0.316 e. The maximum atomic E-state index is 3.52. The molecule has 1 heterocycles. The highest BCUT2D eigenvalue weighted by Crippen LogP contribution is 2.15. The van der Waals surface area contributed by atoms with E-state index in [4.69, 9.17) is 0 Å². The van der Waals surface area contributed by atoms with Crippen molar-refractivity contribution in [3.63, 3.8) is 0 Å². The Morgan fingerprint density at radius 1 is 1.22 bits per heavy atom. The molecule has 1 saturated heterocycles. The van der Waals surface area contributed by atoms with E-state index in [1.165, 1.54) is 71.0 Å². The van der Waals surface area contributed by atoms with Crippen molar-refractivity contribution in [1.82, 2.24) is 10.2 Å². The van der Waals surface area contributed by atoms with Crippen LogP contribution in [-0.2, 0) is 0 Å². The van der Waals surface area contributed by atoms with Crippen molar-refractivity contribution in [2.24, 2.45) is 5.92 Å². The van der Waals surface area contributed by atoms with Gasteiger partial charge in [0.25, 0.3) is 0 Å². The summed E-state index contributed by atoms with van der Waals surface area (Å²) < 4.78 is 0.